The molecule has 1 aliphatic rings. The van der Waals surface area contributed by atoms with Gasteiger partial charge in [-0.25, -0.2) is 0 Å². The number of non-ortho nitro benzene ring substituents is 1. The number of nitro benzene ring substituents is 1. The third-order valence-electron chi connectivity index (χ3n) is 3.92. The Hall–Kier alpha value is -1.60. The summed E-state index contributed by atoms with van der Waals surface area (Å²) in [6.07, 6.45) is 0. The molecule has 0 radical (unpaired) electrons. The first-order valence-electron chi connectivity index (χ1n) is 7.51. The van der Waals surface area contributed by atoms with Crippen LogP contribution in [-0.2, 0) is 6.54 Å². The topological polar surface area (TPSA) is 71.5 Å². The van der Waals surface area contributed by atoms with Crippen LogP contribution in [0.25, 0.3) is 11.3 Å². The van der Waals surface area contributed by atoms with E-state index >= 15 is 0 Å². The van der Waals surface area contributed by atoms with Crippen LogP contribution in [-0.4, -0.2) is 35.5 Å². The molecule has 6 nitrogen and oxygen atoms in total. The van der Waals surface area contributed by atoms with E-state index in [0.717, 1.165) is 31.9 Å². The van der Waals surface area contributed by atoms with E-state index in [1.54, 1.807) is 6.07 Å². The molecule has 1 unspecified atom stereocenters. The van der Waals surface area contributed by atoms with Crippen LogP contribution in [0.15, 0.2) is 34.7 Å². The van der Waals surface area contributed by atoms with Gasteiger partial charge in [0.25, 0.3) is 5.69 Å². The predicted molar refractivity (Wildman–Crippen MR) is 95.8 cm³/mol. The van der Waals surface area contributed by atoms with Gasteiger partial charge in [-0.2, -0.15) is 0 Å². The van der Waals surface area contributed by atoms with Gasteiger partial charge in [0.1, 0.15) is 11.5 Å². The van der Waals surface area contributed by atoms with E-state index < -0.39 is 4.92 Å². The molecule has 2 aromatic rings. The summed E-state index contributed by atoms with van der Waals surface area (Å²) in [6, 6.07) is 8.66. The molecular weight excluding hydrogens is 353 g/mol. The zero-order chi connectivity index (χ0) is 16.4. The number of benzene rings is 1. The first kappa shape index (κ1) is 18.7. The van der Waals surface area contributed by atoms with Crippen molar-refractivity contribution < 1.29 is 9.34 Å². The van der Waals surface area contributed by atoms with Crippen molar-refractivity contribution in [1.29, 1.82) is 0 Å². The lowest BCUT2D eigenvalue weighted by Crippen LogP contribution is -2.48. The lowest BCUT2D eigenvalue weighted by molar-refractivity contribution is -0.384. The van der Waals surface area contributed by atoms with Crippen LogP contribution >= 0.6 is 24.0 Å². The standard InChI is InChI=1S/C16H18ClN3O3.ClH/c1-11-9-19(7-6-18-11)10-13-3-5-16(23-13)14-4-2-12(20(21)22)8-15(14)17;/h2-5,8,11,18H,6-7,9-10H2,1H3;1H. The van der Waals surface area contributed by atoms with Gasteiger partial charge < -0.3 is 9.73 Å². The smallest absolute Gasteiger partial charge is 0.270 e. The summed E-state index contributed by atoms with van der Waals surface area (Å²) < 4.78 is 5.87. The second-order valence-electron chi connectivity index (χ2n) is 5.78. The molecule has 0 spiro atoms. The molecule has 1 saturated heterocycles. The van der Waals surface area contributed by atoms with Gasteiger partial charge >= 0.3 is 0 Å². The van der Waals surface area contributed by atoms with Crippen LogP contribution in [0.3, 0.4) is 0 Å². The zero-order valence-corrected chi connectivity index (χ0v) is 14.8. The molecule has 0 bridgehead atoms. The summed E-state index contributed by atoms with van der Waals surface area (Å²) in [7, 11) is 0. The van der Waals surface area contributed by atoms with Crippen molar-refractivity contribution in [3.05, 3.63) is 51.2 Å². The summed E-state index contributed by atoms with van der Waals surface area (Å²) in [4.78, 5) is 12.6. The number of rotatable bonds is 4. The van der Waals surface area contributed by atoms with Gasteiger partial charge in [0.15, 0.2) is 0 Å². The Kier molecular flexibility index (Phi) is 6.23. The van der Waals surface area contributed by atoms with Crippen molar-refractivity contribution in [2.75, 3.05) is 19.6 Å². The molecule has 1 N–H and O–H groups in total. The maximum atomic E-state index is 10.8. The van der Waals surface area contributed by atoms with Gasteiger partial charge in [0, 0.05) is 43.4 Å². The highest BCUT2D eigenvalue weighted by Crippen LogP contribution is 2.32. The molecule has 0 amide bonds. The summed E-state index contributed by atoms with van der Waals surface area (Å²) in [5.41, 5.74) is 0.637. The third kappa shape index (κ3) is 4.27. The molecule has 1 atom stereocenters. The number of nitro groups is 1. The average Bonchev–Trinajstić information content (AvgIpc) is 2.95. The fourth-order valence-corrected chi connectivity index (χ4v) is 3.07. The summed E-state index contributed by atoms with van der Waals surface area (Å²) >= 11 is 6.15. The molecule has 8 heteroatoms. The van der Waals surface area contributed by atoms with E-state index in [2.05, 4.69) is 17.1 Å². The molecule has 3 rings (SSSR count). The largest absolute Gasteiger partial charge is 0.460 e. The number of hydrogen-bond donors (Lipinski definition) is 1. The average molecular weight is 372 g/mol. The molecule has 1 aliphatic heterocycles. The van der Waals surface area contributed by atoms with Crippen molar-refractivity contribution in [2.45, 2.75) is 19.5 Å². The lowest BCUT2D eigenvalue weighted by atomic mass is 10.1. The zero-order valence-electron chi connectivity index (χ0n) is 13.2. The normalized spacial score (nSPS) is 18.2. The number of furan rings is 1. The highest BCUT2D eigenvalue weighted by molar-refractivity contribution is 6.33. The van der Waals surface area contributed by atoms with E-state index in [1.165, 1.54) is 12.1 Å². The molecule has 0 aliphatic carbocycles. The summed E-state index contributed by atoms with van der Waals surface area (Å²) in [6.45, 7) is 5.85. The van der Waals surface area contributed by atoms with Crippen molar-refractivity contribution in [2.24, 2.45) is 0 Å². The van der Waals surface area contributed by atoms with Crippen LogP contribution in [0.2, 0.25) is 5.02 Å². The molecule has 1 aromatic heterocycles. The molecule has 1 fully saturated rings. The number of halogens is 2. The molecule has 130 valence electrons. The minimum absolute atomic E-state index is 0. The highest BCUT2D eigenvalue weighted by atomic mass is 35.5. The van der Waals surface area contributed by atoms with Gasteiger partial charge in [-0.15, -0.1) is 12.4 Å². The van der Waals surface area contributed by atoms with Crippen molar-refractivity contribution >= 4 is 29.7 Å². The maximum Gasteiger partial charge on any atom is 0.270 e. The van der Waals surface area contributed by atoms with E-state index in [-0.39, 0.29) is 18.1 Å². The Morgan fingerprint density at radius 1 is 1.42 bits per heavy atom. The monoisotopic (exact) mass is 371 g/mol. The van der Waals surface area contributed by atoms with Crippen LogP contribution in [0, 0.1) is 10.1 Å². The van der Waals surface area contributed by atoms with E-state index in [9.17, 15) is 10.1 Å². The quantitative estimate of drug-likeness (QED) is 0.654. The molecule has 0 saturated carbocycles. The minimum atomic E-state index is -0.464. The first-order chi connectivity index (χ1) is 11.0. The van der Waals surface area contributed by atoms with Crippen molar-refractivity contribution in [1.82, 2.24) is 10.2 Å². The maximum absolute atomic E-state index is 10.8. The number of piperazine rings is 1. The summed E-state index contributed by atoms with van der Waals surface area (Å²) in [5, 5.41) is 14.5. The Bertz CT molecular complexity index is 720. The highest BCUT2D eigenvalue weighted by Gasteiger charge is 2.18. The molecule has 2 heterocycles. The molecule has 1 aromatic carbocycles. The number of nitrogens with one attached hydrogen (secondary N) is 1. The third-order valence-corrected chi connectivity index (χ3v) is 4.24. The Morgan fingerprint density at radius 2 is 2.21 bits per heavy atom. The van der Waals surface area contributed by atoms with E-state index in [0.29, 0.717) is 22.4 Å². The summed E-state index contributed by atoms with van der Waals surface area (Å²) in [5.74, 6) is 1.49. The molecule has 24 heavy (non-hydrogen) atoms. The van der Waals surface area contributed by atoms with E-state index in [4.69, 9.17) is 16.0 Å². The van der Waals surface area contributed by atoms with Crippen LogP contribution in [0.1, 0.15) is 12.7 Å². The van der Waals surface area contributed by atoms with Gasteiger partial charge in [-0.3, -0.25) is 15.0 Å². The van der Waals surface area contributed by atoms with Gasteiger partial charge in [-0.1, -0.05) is 11.6 Å². The fourth-order valence-electron chi connectivity index (χ4n) is 2.80. The lowest BCUT2D eigenvalue weighted by Gasteiger charge is -2.31. The second kappa shape index (κ2) is 7.98. The van der Waals surface area contributed by atoms with Crippen LogP contribution in [0.4, 0.5) is 5.69 Å². The second-order valence-corrected chi connectivity index (χ2v) is 6.18. The predicted octanol–water partition coefficient (Wildman–Crippen LogP) is 3.72. The Balaban J connectivity index is 0.00000208. The SMILES string of the molecule is CC1CN(Cc2ccc(-c3ccc([N+](=O)[O-])cc3Cl)o2)CCN1.Cl. The first-order valence-corrected chi connectivity index (χ1v) is 7.89. The Labute approximate surface area is 151 Å². The van der Waals surface area contributed by atoms with Crippen molar-refractivity contribution in [3.8, 4) is 11.3 Å². The Morgan fingerprint density at radius 3 is 2.88 bits per heavy atom. The molecular formula is C16H19Cl2N3O3. The van der Waals surface area contributed by atoms with Gasteiger partial charge in [-0.05, 0) is 25.1 Å². The van der Waals surface area contributed by atoms with Crippen LogP contribution in [0.5, 0.6) is 0 Å². The van der Waals surface area contributed by atoms with Gasteiger partial charge in [0.2, 0.25) is 0 Å². The fraction of sp³-hybridized carbons (Fsp3) is 0.375. The van der Waals surface area contributed by atoms with Crippen molar-refractivity contribution in [3.63, 3.8) is 0 Å². The van der Waals surface area contributed by atoms with Crippen LogP contribution < -0.4 is 5.32 Å². The number of hydrogen-bond acceptors (Lipinski definition) is 5. The number of nitrogens with zero attached hydrogens (tertiary/aromatic N) is 2. The minimum Gasteiger partial charge on any atom is -0.460 e. The van der Waals surface area contributed by atoms with E-state index in [1.807, 2.05) is 12.1 Å². The van der Waals surface area contributed by atoms with Gasteiger partial charge in [0.05, 0.1) is 16.5 Å².